The molecule has 0 aliphatic rings. The SMILES string of the molecule is CCCCCCCCCCCCCCCN(CC)COC(=O)c1ccccc1C(=O)OCN(CC)CCCCCCCCCCCCCCC. The molecule has 0 saturated heterocycles. The molecule has 0 aliphatic carbocycles. The predicted octanol–water partition coefficient (Wildman–Crippen LogP) is 12.7. The number of esters is 2. The molecule has 0 aromatic heterocycles. The monoisotopic (exact) mass is 701 g/mol. The van der Waals surface area contributed by atoms with Gasteiger partial charge < -0.3 is 9.47 Å². The molecule has 290 valence electrons. The van der Waals surface area contributed by atoms with Gasteiger partial charge in [-0.05, 0) is 38.1 Å². The molecule has 0 spiro atoms. The van der Waals surface area contributed by atoms with Crippen LogP contribution in [-0.2, 0) is 9.47 Å². The average Bonchev–Trinajstić information content (AvgIpc) is 3.14. The fourth-order valence-corrected chi connectivity index (χ4v) is 6.63. The lowest BCUT2D eigenvalue weighted by atomic mass is 10.0. The van der Waals surface area contributed by atoms with E-state index < -0.39 is 11.9 Å². The van der Waals surface area contributed by atoms with Crippen LogP contribution in [0.25, 0.3) is 0 Å². The Morgan fingerprint density at radius 2 is 0.680 bits per heavy atom. The summed E-state index contributed by atoms with van der Waals surface area (Å²) in [5.74, 6) is -0.943. The molecule has 0 amide bonds. The highest BCUT2D eigenvalue weighted by Gasteiger charge is 2.20. The van der Waals surface area contributed by atoms with Gasteiger partial charge in [-0.3, -0.25) is 9.80 Å². The minimum absolute atomic E-state index is 0.236. The third-order valence-electron chi connectivity index (χ3n) is 10.2. The van der Waals surface area contributed by atoms with E-state index in [0.717, 1.165) is 39.0 Å². The normalized spacial score (nSPS) is 11.5. The zero-order valence-corrected chi connectivity index (χ0v) is 33.5. The highest BCUT2D eigenvalue weighted by Crippen LogP contribution is 2.16. The number of hydrogen-bond acceptors (Lipinski definition) is 6. The van der Waals surface area contributed by atoms with Crippen LogP contribution in [0.15, 0.2) is 24.3 Å². The predicted molar refractivity (Wildman–Crippen MR) is 213 cm³/mol. The van der Waals surface area contributed by atoms with E-state index in [4.69, 9.17) is 9.47 Å². The molecule has 0 N–H and O–H groups in total. The van der Waals surface area contributed by atoms with E-state index in [0.29, 0.717) is 0 Å². The van der Waals surface area contributed by atoms with Gasteiger partial charge in [0.1, 0.15) is 13.5 Å². The number of carbonyl (C=O) groups excluding carboxylic acids is 2. The second-order valence-corrected chi connectivity index (χ2v) is 14.6. The molecule has 0 radical (unpaired) electrons. The third-order valence-corrected chi connectivity index (χ3v) is 10.2. The summed E-state index contributed by atoms with van der Waals surface area (Å²) in [5.41, 5.74) is 0.545. The van der Waals surface area contributed by atoms with Crippen LogP contribution in [0, 0.1) is 0 Å². The Morgan fingerprint density at radius 1 is 0.420 bits per heavy atom. The summed E-state index contributed by atoms with van der Waals surface area (Å²) in [6.45, 7) is 12.7. The molecule has 0 heterocycles. The Bertz CT molecular complexity index is 850. The van der Waals surface area contributed by atoms with Crippen molar-refractivity contribution in [3.8, 4) is 0 Å². The van der Waals surface area contributed by atoms with E-state index in [1.165, 1.54) is 154 Å². The van der Waals surface area contributed by atoms with Crippen LogP contribution in [0.1, 0.15) is 215 Å². The van der Waals surface area contributed by atoms with Gasteiger partial charge in [-0.2, -0.15) is 0 Å². The lowest BCUT2D eigenvalue weighted by Crippen LogP contribution is -2.30. The maximum Gasteiger partial charge on any atom is 0.340 e. The van der Waals surface area contributed by atoms with E-state index in [1.54, 1.807) is 24.3 Å². The van der Waals surface area contributed by atoms with Crippen LogP contribution in [0.3, 0.4) is 0 Å². The molecule has 1 rings (SSSR count). The molecule has 50 heavy (non-hydrogen) atoms. The molecule has 1 aromatic rings. The molecule has 0 bridgehead atoms. The molecule has 0 atom stereocenters. The molecule has 6 heteroatoms. The Balaban J connectivity index is 2.24. The first-order valence-electron chi connectivity index (χ1n) is 21.4. The Labute approximate surface area is 309 Å². The van der Waals surface area contributed by atoms with Crippen molar-refractivity contribution in [3.63, 3.8) is 0 Å². The van der Waals surface area contributed by atoms with E-state index >= 15 is 0 Å². The highest BCUT2D eigenvalue weighted by molar-refractivity contribution is 6.03. The lowest BCUT2D eigenvalue weighted by molar-refractivity contribution is 0.0180. The summed E-state index contributed by atoms with van der Waals surface area (Å²) in [4.78, 5) is 30.4. The van der Waals surface area contributed by atoms with Crippen LogP contribution in [0.4, 0.5) is 0 Å². The van der Waals surface area contributed by atoms with Crippen molar-refractivity contribution in [3.05, 3.63) is 35.4 Å². The fourth-order valence-electron chi connectivity index (χ4n) is 6.63. The summed E-state index contributed by atoms with van der Waals surface area (Å²) < 4.78 is 11.4. The summed E-state index contributed by atoms with van der Waals surface area (Å²) in [7, 11) is 0. The van der Waals surface area contributed by atoms with Crippen molar-refractivity contribution in [2.45, 2.75) is 195 Å². The first kappa shape index (κ1) is 46.1. The fraction of sp³-hybridized carbons (Fsp3) is 0.818. The van der Waals surface area contributed by atoms with Crippen LogP contribution in [0.2, 0.25) is 0 Å². The van der Waals surface area contributed by atoms with Crippen LogP contribution >= 0.6 is 0 Å². The minimum Gasteiger partial charge on any atom is -0.446 e. The Morgan fingerprint density at radius 3 is 0.940 bits per heavy atom. The van der Waals surface area contributed by atoms with Crippen molar-refractivity contribution in [2.75, 3.05) is 39.6 Å². The highest BCUT2D eigenvalue weighted by atomic mass is 16.6. The average molecular weight is 701 g/mol. The minimum atomic E-state index is -0.472. The number of nitrogens with zero attached hydrogens (tertiary/aromatic N) is 2. The first-order chi connectivity index (χ1) is 24.6. The van der Waals surface area contributed by atoms with Crippen molar-refractivity contribution < 1.29 is 19.1 Å². The molecule has 1 aromatic carbocycles. The smallest absolute Gasteiger partial charge is 0.340 e. The van der Waals surface area contributed by atoms with Crippen LogP contribution in [0.5, 0.6) is 0 Å². The van der Waals surface area contributed by atoms with Gasteiger partial charge in [0.25, 0.3) is 0 Å². The molecular formula is C44H80N2O4. The zero-order valence-electron chi connectivity index (χ0n) is 33.5. The first-order valence-corrected chi connectivity index (χ1v) is 21.4. The topological polar surface area (TPSA) is 59.1 Å². The summed E-state index contributed by atoms with van der Waals surface area (Å²) in [6.07, 6.45) is 34.7. The van der Waals surface area contributed by atoms with Gasteiger partial charge >= 0.3 is 11.9 Å². The number of ether oxygens (including phenoxy) is 2. The van der Waals surface area contributed by atoms with Crippen LogP contribution < -0.4 is 0 Å². The van der Waals surface area contributed by atoms with Gasteiger partial charge in [-0.15, -0.1) is 0 Å². The molecule has 6 nitrogen and oxygen atoms in total. The van der Waals surface area contributed by atoms with Gasteiger partial charge in [0.05, 0.1) is 11.1 Å². The lowest BCUT2D eigenvalue weighted by Gasteiger charge is -2.21. The third kappa shape index (κ3) is 25.1. The molecule has 0 fully saturated rings. The van der Waals surface area contributed by atoms with Crippen molar-refractivity contribution in [2.24, 2.45) is 0 Å². The Hall–Kier alpha value is -1.92. The van der Waals surface area contributed by atoms with Gasteiger partial charge in [-0.25, -0.2) is 9.59 Å². The number of hydrogen-bond donors (Lipinski definition) is 0. The van der Waals surface area contributed by atoms with Crippen molar-refractivity contribution in [1.82, 2.24) is 9.80 Å². The maximum atomic E-state index is 13.1. The summed E-state index contributed by atoms with van der Waals surface area (Å²) in [6, 6.07) is 6.86. The standard InChI is InChI=1S/C44H80N2O4/c1-5-9-11-13-15-17-19-21-23-25-27-29-33-37-45(7-3)39-49-43(47)41-35-31-32-36-42(41)44(48)50-40-46(8-4)38-34-30-28-26-24-22-20-18-16-14-12-10-6-2/h31-32,35-36H,5-30,33-34,37-40H2,1-4H3. The number of unbranched alkanes of at least 4 members (excludes halogenated alkanes) is 24. The van der Waals surface area contributed by atoms with Gasteiger partial charge in [0.2, 0.25) is 0 Å². The summed E-state index contributed by atoms with van der Waals surface area (Å²) >= 11 is 0. The molecular weight excluding hydrogens is 620 g/mol. The molecule has 0 aliphatic heterocycles. The van der Waals surface area contributed by atoms with E-state index in [-0.39, 0.29) is 24.6 Å². The number of benzene rings is 1. The Kier molecular flexibility index (Phi) is 31.5. The summed E-state index contributed by atoms with van der Waals surface area (Å²) in [5, 5.41) is 0. The van der Waals surface area contributed by atoms with Crippen molar-refractivity contribution in [1.29, 1.82) is 0 Å². The zero-order chi connectivity index (χ0) is 36.3. The van der Waals surface area contributed by atoms with Gasteiger partial charge in [0, 0.05) is 13.1 Å². The maximum absolute atomic E-state index is 13.1. The molecule has 0 unspecified atom stereocenters. The second kappa shape index (κ2) is 34.2. The van der Waals surface area contributed by atoms with Gasteiger partial charge in [-0.1, -0.05) is 194 Å². The van der Waals surface area contributed by atoms with Crippen LogP contribution in [-0.4, -0.2) is 61.4 Å². The van der Waals surface area contributed by atoms with E-state index in [2.05, 4.69) is 37.5 Å². The quantitative estimate of drug-likeness (QED) is 0.0394. The number of carbonyl (C=O) groups is 2. The van der Waals surface area contributed by atoms with Gasteiger partial charge in [0.15, 0.2) is 0 Å². The largest absolute Gasteiger partial charge is 0.446 e. The van der Waals surface area contributed by atoms with E-state index in [9.17, 15) is 9.59 Å². The molecule has 0 saturated carbocycles. The second-order valence-electron chi connectivity index (χ2n) is 14.6. The van der Waals surface area contributed by atoms with E-state index in [1.807, 2.05) is 0 Å². The van der Waals surface area contributed by atoms with Crippen molar-refractivity contribution >= 4 is 11.9 Å². The number of rotatable bonds is 36.